The summed E-state index contributed by atoms with van der Waals surface area (Å²) in [6, 6.07) is 9.38. The minimum absolute atomic E-state index is 0.0670. The average molecular weight is 383 g/mol. The monoisotopic (exact) mass is 383 g/mol. The van der Waals surface area contributed by atoms with E-state index in [2.05, 4.69) is 14.8 Å². The Balaban J connectivity index is 1.52. The number of carbonyl (C=O) groups excluding carboxylic acids is 1. The van der Waals surface area contributed by atoms with Crippen LogP contribution in [-0.2, 0) is 21.4 Å². The quantitative estimate of drug-likeness (QED) is 0.860. The Bertz CT molecular complexity index is 1070. The number of sulfonamides is 1. The van der Waals surface area contributed by atoms with E-state index in [1.165, 1.54) is 0 Å². The fraction of sp³-hybridized carbons (Fsp3) is 0.167. The molecule has 1 aromatic carbocycles. The van der Waals surface area contributed by atoms with E-state index in [9.17, 15) is 13.2 Å². The summed E-state index contributed by atoms with van der Waals surface area (Å²) in [5, 5.41) is 7.11. The molecule has 0 spiro atoms. The second-order valence-corrected chi connectivity index (χ2v) is 7.92. The molecule has 1 N–H and O–H groups in total. The van der Waals surface area contributed by atoms with Crippen LogP contribution in [0.1, 0.15) is 5.56 Å². The molecule has 8 nitrogen and oxygen atoms in total. The Hall–Kier alpha value is -3.20. The number of aromatic nitrogens is 2. The van der Waals surface area contributed by atoms with Gasteiger partial charge in [-0.2, -0.15) is 5.10 Å². The largest absolute Gasteiger partial charge is 0.330 e. The SMILES string of the molecule is O=C(Nc1ccccc1Cn1cccn1)C1=CN2CCS(=O)(=O)N=C2C=C1. The molecule has 2 aliphatic rings. The Morgan fingerprint density at radius 3 is 2.85 bits per heavy atom. The van der Waals surface area contributed by atoms with Crippen LogP contribution in [0.25, 0.3) is 0 Å². The molecule has 27 heavy (non-hydrogen) atoms. The van der Waals surface area contributed by atoms with Gasteiger partial charge in [-0.3, -0.25) is 9.48 Å². The lowest BCUT2D eigenvalue weighted by Crippen LogP contribution is -2.37. The number of amidine groups is 1. The lowest BCUT2D eigenvalue weighted by Gasteiger charge is -2.27. The number of carbonyl (C=O) groups is 1. The van der Waals surface area contributed by atoms with E-state index in [0.29, 0.717) is 23.6 Å². The average Bonchev–Trinajstić information content (AvgIpc) is 3.15. The molecular weight excluding hydrogens is 366 g/mol. The Labute approximate surface area is 156 Å². The summed E-state index contributed by atoms with van der Waals surface area (Å²) in [5.41, 5.74) is 2.07. The second kappa shape index (κ2) is 6.84. The maximum absolute atomic E-state index is 12.7. The summed E-state index contributed by atoms with van der Waals surface area (Å²) in [4.78, 5) is 14.4. The van der Waals surface area contributed by atoms with Gasteiger partial charge in [0.15, 0.2) is 0 Å². The molecule has 3 heterocycles. The number of nitrogens with one attached hydrogen (secondary N) is 1. The van der Waals surface area contributed by atoms with Gasteiger partial charge >= 0.3 is 0 Å². The zero-order valence-electron chi connectivity index (χ0n) is 14.3. The molecule has 1 amide bonds. The lowest BCUT2D eigenvalue weighted by molar-refractivity contribution is -0.112. The maximum atomic E-state index is 12.7. The highest BCUT2D eigenvalue weighted by molar-refractivity contribution is 7.90. The summed E-state index contributed by atoms with van der Waals surface area (Å²) in [5.74, 6) is -0.00820. The minimum atomic E-state index is -3.41. The molecule has 9 heteroatoms. The fourth-order valence-electron chi connectivity index (χ4n) is 2.88. The molecule has 0 aliphatic carbocycles. The highest BCUT2D eigenvalue weighted by Gasteiger charge is 2.25. The van der Waals surface area contributed by atoms with E-state index < -0.39 is 10.0 Å². The fourth-order valence-corrected chi connectivity index (χ4v) is 3.85. The Morgan fingerprint density at radius 1 is 1.19 bits per heavy atom. The van der Waals surface area contributed by atoms with Gasteiger partial charge in [0.25, 0.3) is 15.9 Å². The molecule has 0 saturated carbocycles. The Morgan fingerprint density at radius 2 is 2.04 bits per heavy atom. The van der Waals surface area contributed by atoms with E-state index >= 15 is 0 Å². The van der Waals surface area contributed by atoms with E-state index in [-0.39, 0.29) is 18.2 Å². The first-order chi connectivity index (χ1) is 13.0. The lowest BCUT2D eigenvalue weighted by atomic mass is 10.1. The summed E-state index contributed by atoms with van der Waals surface area (Å²) >= 11 is 0. The van der Waals surface area contributed by atoms with Crippen molar-refractivity contribution in [1.29, 1.82) is 0 Å². The van der Waals surface area contributed by atoms with Crippen molar-refractivity contribution in [1.82, 2.24) is 14.7 Å². The minimum Gasteiger partial charge on any atom is -0.330 e. The van der Waals surface area contributed by atoms with E-state index in [0.717, 1.165) is 5.56 Å². The molecule has 2 aliphatic heterocycles. The number of anilines is 1. The first kappa shape index (κ1) is 17.2. The topological polar surface area (TPSA) is 96.7 Å². The van der Waals surface area contributed by atoms with Crippen LogP contribution in [0.3, 0.4) is 0 Å². The number of nitrogens with zero attached hydrogens (tertiary/aromatic N) is 4. The van der Waals surface area contributed by atoms with E-state index in [4.69, 9.17) is 0 Å². The first-order valence-electron chi connectivity index (χ1n) is 8.36. The molecule has 0 unspecified atom stereocenters. The molecule has 0 bridgehead atoms. The maximum Gasteiger partial charge on any atom is 0.257 e. The van der Waals surface area contributed by atoms with Gasteiger partial charge in [0.2, 0.25) is 0 Å². The smallest absolute Gasteiger partial charge is 0.257 e. The van der Waals surface area contributed by atoms with Crippen LogP contribution < -0.4 is 5.32 Å². The highest BCUT2D eigenvalue weighted by Crippen LogP contribution is 2.20. The summed E-state index contributed by atoms with van der Waals surface area (Å²) in [6.45, 7) is 0.817. The Kier molecular flexibility index (Phi) is 4.36. The standard InChI is InChI=1S/C18H17N5O3S/c24-18(15-6-7-17-21-27(25,26)11-10-22(17)12-15)20-16-5-2-1-4-14(16)13-23-9-3-8-19-23/h1-9,12H,10-11,13H2,(H,20,24). The van der Waals surface area contributed by atoms with Gasteiger partial charge in [-0.15, -0.1) is 4.40 Å². The molecule has 0 radical (unpaired) electrons. The van der Waals surface area contributed by atoms with Gasteiger partial charge in [0.1, 0.15) is 5.84 Å². The number of hydrogen-bond acceptors (Lipinski definition) is 5. The predicted molar refractivity (Wildman–Crippen MR) is 102 cm³/mol. The van der Waals surface area contributed by atoms with Crippen molar-refractivity contribution in [3.63, 3.8) is 0 Å². The van der Waals surface area contributed by atoms with Crippen molar-refractivity contribution in [3.05, 3.63) is 72.2 Å². The van der Waals surface area contributed by atoms with Gasteiger partial charge in [0, 0.05) is 30.8 Å². The molecule has 138 valence electrons. The third-order valence-corrected chi connectivity index (χ3v) is 5.41. The van der Waals surface area contributed by atoms with Gasteiger partial charge in [-0.05, 0) is 29.8 Å². The number of rotatable bonds is 4. The first-order valence-corrected chi connectivity index (χ1v) is 9.97. The number of amides is 1. The molecule has 4 rings (SSSR count). The van der Waals surface area contributed by atoms with Crippen molar-refractivity contribution < 1.29 is 13.2 Å². The van der Waals surface area contributed by atoms with Crippen LogP contribution in [0.5, 0.6) is 0 Å². The van der Waals surface area contributed by atoms with Crippen LogP contribution in [0.4, 0.5) is 5.69 Å². The predicted octanol–water partition coefficient (Wildman–Crippen LogP) is 1.37. The van der Waals surface area contributed by atoms with Crippen molar-refractivity contribution in [2.75, 3.05) is 17.6 Å². The van der Waals surface area contributed by atoms with Crippen molar-refractivity contribution >= 4 is 27.5 Å². The van der Waals surface area contributed by atoms with Crippen LogP contribution >= 0.6 is 0 Å². The third kappa shape index (κ3) is 3.82. The normalized spacial score (nSPS) is 17.7. The molecule has 0 saturated heterocycles. The second-order valence-electron chi connectivity index (χ2n) is 6.16. The highest BCUT2D eigenvalue weighted by atomic mass is 32.2. The molecular formula is C18H17N5O3S. The van der Waals surface area contributed by atoms with Crippen LogP contribution in [0, 0.1) is 0 Å². The van der Waals surface area contributed by atoms with E-state index in [1.807, 2.05) is 36.5 Å². The zero-order valence-corrected chi connectivity index (χ0v) is 15.1. The number of benzene rings is 1. The number of hydrogen-bond donors (Lipinski definition) is 1. The molecule has 0 atom stereocenters. The van der Waals surface area contributed by atoms with Gasteiger partial charge in [-0.1, -0.05) is 18.2 Å². The summed E-state index contributed by atoms with van der Waals surface area (Å²) in [6.07, 6.45) is 8.30. The molecule has 0 fully saturated rings. The van der Waals surface area contributed by atoms with Crippen molar-refractivity contribution in [3.8, 4) is 0 Å². The van der Waals surface area contributed by atoms with Gasteiger partial charge in [0.05, 0.1) is 17.9 Å². The summed E-state index contributed by atoms with van der Waals surface area (Å²) in [7, 11) is -3.41. The third-order valence-electron chi connectivity index (χ3n) is 4.24. The van der Waals surface area contributed by atoms with Crippen LogP contribution in [0.15, 0.2) is 71.0 Å². The molecule has 1 aromatic heterocycles. The van der Waals surface area contributed by atoms with Crippen molar-refractivity contribution in [2.24, 2.45) is 4.40 Å². The zero-order chi connectivity index (χ0) is 18.9. The van der Waals surface area contributed by atoms with E-state index in [1.54, 1.807) is 34.1 Å². The van der Waals surface area contributed by atoms with Crippen LogP contribution in [-0.4, -0.2) is 47.1 Å². The molecule has 2 aromatic rings. The van der Waals surface area contributed by atoms with Crippen molar-refractivity contribution in [2.45, 2.75) is 6.54 Å². The van der Waals surface area contributed by atoms with Gasteiger partial charge in [-0.25, -0.2) is 8.42 Å². The summed E-state index contributed by atoms with van der Waals surface area (Å²) < 4.78 is 28.6. The number of fused-ring (bicyclic) bond motifs is 1. The van der Waals surface area contributed by atoms with Crippen LogP contribution in [0.2, 0.25) is 0 Å². The number of para-hydroxylation sites is 1. The van der Waals surface area contributed by atoms with Gasteiger partial charge < -0.3 is 10.2 Å².